The molecule has 1 N–H and O–H groups in total. The molecule has 1 aliphatic heterocycles. The van der Waals surface area contributed by atoms with Gasteiger partial charge in [-0.15, -0.1) is 0 Å². The molecule has 4 nitrogen and oxygen atoms in total. The number of sulfonamides is 1. The highest BCUT2D eigenvalue weighted by Crippen LogP contribution is 2.17. The number of aryl methyl sites for hydroxylation is 1. The molecule has 1 heterocycles. The highest BCUT2D eigenvalue weighted by atomic mass is 32.2. The van der Waals surface area contributed by atoms with E-state index >= 15 is 0 Å². The van der Waals surface area contributed by atoms with Gasteiger partial charge in [0.1, 0.15) is 5.82 Å². The van der Waals surface area contributed by atoms with E-state index in [2.05, 4.69) is 16.5 Å². The maximum absolute atomic E-state index is 13.2. The largest absolute Gasteiger partial charge is 0.302 e. The van der Waals surface area contributed by atoms with E-state index in [1.165, 1.54) is 12.1 Å². The normalized spacial score (nSPS) is 18.0. The average Bonchev–Trinajstić information content (AvgIpc) is 2.43. The molecular weight excluding hydrogens is 291 g/mol. The summed E-state index contributed by atoms with van der Waals surface area (Å²) < 4.78 is 40.2. The Hall–Kier alpha value is -0.980. The minimum absolute atomic E-state index is 0.0229. The third kappa shape index (κ3) is 4.49. The van der Waals surface area contributed by atoms with Crippen LogP contribution < -0.4 is 4.72 Å². The van der Waals surface area contributed by atoms with Crippen molar-refractivity contribution in [3.05, 3.63) is 29.6 Å². The van der Waals surface area contributed by atoms with Crippen LogP contribution in [0.5, 0.6) is 0 Å². The lowest BCUT2D eigenvalue weighted by Gasteiger charge is -2.30. The van der Waals surface area contributed by atoms with E-state index < -0.39 is 15.8 Å². The van der Waals surface area contributed by atoms with Crippen LogP contribution in [0.15, 0.2) is 23.1 Å². The first-order valence-electron chi connectivity index (χ1n) is 7.36. The zero-order valence-electron chi connectivity index (χ0n) is 12.6. The van der Waals surface area contributed by atoms with Crippen LogP contribution in [0, 0.1) is 18.7 Å². The van der Waals surface area contributed by atoms with Gasteiger partial charge in [-0.25, -0.2) is 17.5 Å². The number of nitrogens with zero attached hydrogens (tertiary/aromatic N) is 1. The van der Waals surface area contributed by atoms with E-state index in [1.54, 1.807) is 6.92 Å². The minimum Gasteiger partial charge on any atom is -0.302 e. The summed E-state index contributed by atoms with van der Waals surface area (Å²) in [6.45, 7) is 6.99. The molecule has 0 aliphatic carbocycles. The summed E-state index contributed by atoms with van der Waals surface area (Å²) in [6, 6.07) is 3.82. The molecule has 1 aliphatic rings. The van der Waals surface area contributed by atoms with Gasteiger partial charge in [0.05, 0.1) is 4.90 Å². The van der Waals surface area contributed by atoms with Crippen molar-refractivity contribution in [1.29, 1.82) is 0 Å². The fourth-order valence-electron chi connectivity index (χ4n) is 2.56. The molecule has 6 heteroatoms. The molecule has 0 saturated carbocycles. The molecule has 2 rings (SSSR count). The quantitative estimate of drug-likeness (QED) is 0.906. The Morgan fingerprint density at radius 1 is 1.33 bits per heavy atom. The van der Waals surface area contributed by atoms with Crippen molar-refractivity contribution in [2.24, 2.45) is 5.92 Å². The number of hydrogen-bond donors (Lipinski definition) is 1. The van der Waals surface area contributed by atoms with Crippen molar-refractivity contribution < 1.29 is 12.8 Å². The Morgan fingerprint density at radius 3 is 2.67 bits per heavy atom. The van der Waals surface area contributed by atoms with E-state index in [4.69, 9.17) is 0 Å². The molecule has 0 spiro atoms. The summed E-state index contributed by atoms with van der Waals surface area (Å²) >= 11 is 0. The maximum Gasteiger partial charge on any atom is 0.240 e. The lowest BCUT2D eigenvalue weighted by molar-refractivity contribution is 0.195. The number of benzene rings is 1. The highest BCUT2D eigenvalue weighted by molar-refractivity contribution is 7.89. The molecule has 0 radical (unpaired) electrons. The molecule has 0 bridgehead atoms. The number of halogens is 1. The molecule has 1 fully saturated rings. The Kier molecular flexibility index (Phi) is 5.35. The summed E-state index contributed by atoms with van der Waals surface area (Å²) in [5.74, 6) is 0.221. The number of likely N-dealkylation sites (tertiary alicyclic amines) is 1. The Bertz CT molecular complexity index is 581. The first kappa shape index (κ1) is 16.4. The second kappa shape index (κ2) is 6.85. The number of rotatable bonds is 5. The van der Waals surface area contributed by atoms with Gasteiger partial charge in [-0.3, -0.25) is 0 Å². The fourth-order valence-corrected chi connectivity index (χ4v) is 3.84. The van der Waals surface area contributed by atoms with E-state index in [1.807, 2.05) is 0 Å². The van der Waals surface area contributed by atoms with Crippen molar-refractivity contribution in [1.82, 2.24) is 9.62 Å². The van der Waals surface area contributed by atoms with Crippen molar-refractivity contribution in [3.63, 3.8) is 0 Å². The van der Waals surface area contributed by atoms with E-state index in [-0.39, 0.29) is 4.90 Å². The van der Waals surface area contributed by atoms with Crippen LogP contribution in [0.3, 0.4) is 0 Å². The van der Waals surface area contributed by atoms with Gasteiger partial charge in [-0.1, -0.05) is 13.0 Å². The molecule has 118 valence electrons. The van der Waals surface area contributed by atoms with E-state index in [9.17, 15) is 12.8 Å². The van der Waals surface area contributed by atoms with Gasteiger partial charge in [0.25, 0.3) is 0 Å². The monoisotopic (exact) mass is 314 g/mol. The summed E-state index contributed by atoms with van der Waals surface area (Å²) in [5, 5.41) is 0. The van der Waals surface area contributed by atoms with Crippen LogP contribution in [0.25, 0.3) is 0 Å². The number of nitrogens with one attached hydrogen (secondary N) is 1. The zero-order valence-corrected chi connectivity index (χ0v) is 13.4. The number of hydrogen-bond acceptors (Lipinski definition) is 3. The van der Waals surface area contributed by atoms with Crippen molar-refractivity contribution in [2.45, 2.75) is 31.6 Å². The first-order valence-corrected chi connectivity index (χ1v) is 8.85. The second-order valence-electron chi connectivity index (χ2n) is 5.83. The Labute approximate surface area is 126 Å². The maximum atomic E-state index is 13.2. The molecule has 0 unspecified atom stereocenters. The van der Waals surface area contributed by atoms with Crippen molar-refractivity contribution in [3.8, 4) is 0 Å². The molecular formula is C15H23FN2O2S. The average molecular weight is 314 g/mol. The van der Waals surface area contributed by atoms with Crippen LogP contribution in [-0.2, 0) is 10.0 Å². The zero-order chi connectivity index (χ0) is 15.5. The van der Waals surface area contributed by atoms with Gasteiger partial charge >= 0.3 is 0 Å². The SMILES string of the molecule is Cc1ccc(F)cc1S(=O)(=O)NCCN1CCC(C)CC1. The summed E-state index contributed by atoms with van der Waals surface area (Å²) in [4.78, 5) is 2.29. The third-order valence-electron chi connectivity index (χ3n) is 4.04. The fraction of sp³-hybridized carbons (Fsp3) is 0.600. The molecule has 0 amide bonds. The van der Waals surface area contributed by atoms with Gasteiger partial charge in [-0.2, -0.15) is 0 Å². The summed E-state index contributed by atoms with van der Waals surface area (Å²) in [7, 11) is -3.64. The van der Waals surface area contributed by atoms with Crippen molar-refractivity contribution in [2.75, 3.05) is 26.2 Å². The lowest BCUT2D eigenvalue weighted by Crippen LogP contribution is -2.39. The van der Waals surface area contributed by atoms with Crippen LogP contribution in [0.2, 0.25) is 0 Å². The topological polar surface area (TPSA) is 49.4 Å². The van der Waals surface area contributed by atoms with Gasteiger partial charge in [0.2, 0.25) is 10.0 Å². The van der Waals surface area contributed by atoms with Crippen LogP contribution in [-0.4, -0.2) is 39.5 Å². The Balaban J connectivity index is 1.91. The minimum atomic E-state index is -3.64. The Morgan fingerprint density at radius 2 is 2.00 bits per heavy atom. The molecule has 0 atom stereocenters. The highest BCUT2D eigenvalue weighted by Gasteiger charge is 2.19. The van der Waals surface area contributed by atoms with Gasteiger partial charge in [-0.05, 0) is 56.5 Å². The standard InChI is InChI=1S/C15H23FN2O2S/c1-12-5-8-18(9-6-12)10-7-17-21(19,20)15-11-14(16)4-3-13(15)2/h3-4,11-12,17H,5-10H2,1-2H3. The molecule has 21 heavy (non-hydrogen) atoms. The molecule has 1 aromatic carbocycles. The van der Waals surface area contributed by atoms with Crippen molar-refractivity contribution >= 4 is 10.0 Å². The van der Waals surface area contributed by atoms with Crippen LogP contribution >= 0.6 is 0 Å². The van der Waals surface area contributed by atoms with Crippen LogP contribution in [0.4, 0.5) is 4.39 Å². The lowest BCUT2D eigenvalue weighted by atomic mass is 9.99. The van der Waals surface area contributed by atoms with Gasteiger partial charge < -0.3 is 4.90 Å². The van der Waals surface area contributed by atoms with E-state index in [0.717, 1.165) is 37.9 Å². The molecule has 1 aromatic rings. The summed E-state index contributed by atoms with van der Waals surface area (Å²) in [6.07, 6.45) is 2.32. The van der Waals surface area contributed by atoms with Gasteiger partial charge in [0, 0.05) is 13.1 Å². The number of piperidine rings is 1. The smallest absolute Gasteiger partial charge is 0.240 e. The summed E-state index contributed by atoms with van der Waals surface area (Å²) in [5.41, 5.74) is 0.552. The van der Waals surface area contributed by atoms with Crippen LogP contribution in [0.1, 0.15) is 25.3 Å². The predicted octanol–water partition coefficient (Wildman–Crippen LogP) is 2.14. The molecule has 0 aromatic heterocycles. The second-order valence-corrected chi connectivity index (χ2v) is 7.57. The predicted molar refractivity (Wildman–Crippen MR) is 81.2 cm³/mol. The van der Waals surface area contributed by atoms with E-state index in [0.29, 0.717) is 18.7 Å². The van der Waals surface area contributed by atoms with Gasteiger partial charge in [0.15, 0.2) is 0 Å². The first-order chi connectivity index (χ1) is 9.88. The third-order valence-corrected chi connectivity index (χ3v) is 5.64. The molecule has 1 saturated heterocycles.